The number of carbonyl (C=O) groups is 2. The number of fused-ring (bicyclic) bond motifs is 2. The summed E-state index contributed by atoms with van der Waals surface area (Å²) in [4.78, 5) is 25.5. The Balaban J connectivity index is 1.94. The highest BCUT2D eigenvalue weighted by Crippen LogP contribution is 2.84. The van der Waals surface area contributed by atoms with Crippen molar-refractivity contribution in [2.24, 2.45) is 22.2 Å². The second kappa shape index (κ2) is 5.46. The van der Waals surface area contributed by atoms with Gasteiger partial charge in [0.2, 0.25) is 0 Å². The molecule has 28 heavy (non-hydrogen) atoms. The minimum Gasteiger partial charge on any atom is -0.457 e. The van der Waals surface area contributed by atoms with Crippen molar-refractivity contribution in [1.29, 1.82) is 0 Å². The molecule has 1 saturated heterocycles. The van der Waals surface area contributed by atoms with Crippen LogP contribution < -0.4 is 0 Å². The molecule has 0 aromatic carbocycles. The van der Waals surface area contributed by atoms with E-state index in [-0.39, 0.29) is 17.6 Å². The van der Waals surface area contributed by atoms with E-state index in [1.807, 2.05) is 6.92 Å². The predicted octanol–water partition coefficient (Wildman–Crippen LogP) is 2.16. The number of aliphatic hydroxyl groups is 2. The van der Waals surface area contributed by atoms with Crippen molar-refractivity contribution in [2.45, 2.75) is 89.8 Å². The van der Waals surface area contributed by atoms with Crippen LogP contribution in [-0.4, -0.2) is 51.5 Å². The van der Waals surface area contributed by atoms with Gasteiger partial charge >= 0.3 is 5.97 Å². The molecule has 3 aliphatic carbocycles. The van der Waals surface area contributed by atoms with Crippen LogP contribution in [0.15, 0.2) is 12.7 Å². The molecule has 1 spiro atoms. The minimum atomic E-state index is -1.26. The lowest BCUT2D eigenvalue weighted by Crippen LogP contribution is -2.77. The molecule has 4 rings (SSSR count). The number of ether oxygens (including phenoxy) is 2. The number of carbonyl (C=O) groups excluding carboxylic acids is 2. The van der Waals surface area contributed by atoms with Gasteiger partial charge in [-0.05, 0) is 38.5 Å². The van der Waals surface area contributed by atoms with Crippen LogP contribution in [0.2, 0.25) is 0 Å². The molecule has 0 aromatic rings. The average molecular weight is 392 g/mol. The highest BCUT2D eigenvalue weighted by atomic mass is 16.6. The van der Waals surface area contributed by atoms with E-state index in [4.69, 9.17) is 9.47 Å². The fourth-order valence-electron chi connectivity index (χ4n) is 7.57. The van der Waals surface area contributed by atoms with Crippen molar-refractivity contribution >= 4 is 11.8 Å². The first-order valence-electron chi connectivity index (χ1n) is 10.2. The van der Waals surface area contributed by atoms with Gasteiger partial charge in [-0.3, -0.25) is 9.59 Å². The van der Waals surface area contributed by atoms with Gasteiger partial charge in [-0.25, -0.2) is 0 Å². The molecule has 0 amide bonds. The molecule has 156 valence electrons. The third-order valence-electron chi connectivity index (χ3n) is 8.80. The maximum absolute atomic E-state index is 13.6. The lowest BCUT2D eigenvalue weighted by molar-refractivity contribution is -0.318. The lowest BCUT2D eigenvalue weighted by Gasteiger charge is -2.66. The Kier molecular flexibility index (Phi) is 3.91. The topological polar surface area (TPSA) is 93.1 Å². The van der Waals surface area contributed by atoms with E-state index in [0.29, 0.717) is 12.8 Å². The largest absolute Gasteiger partial charge is 0.457 e. The van der Waals surface area contributed by atoms with E-state index >= 15 is 0 Å². The van der Waals surface area contributed by atoms with Gasteiger partial charge in [0.1, 0.15) is 17.5 Å². The van der Waals surface area contributed by atoms with Crippen molar-refractivity contribution in [3.8, 4) is 0 Å². The zero-order valence-corrected chi connectivity index (χ0v) is 17.4. The summed E-state index contributed by atoms with van der Waals surface area (Å²) in [6, 6.07) is 0. The molecule has 4 aliphatic rings. The number of ketones is 1. The Morgan fingerprint density at radius 1 is 1.29 bits per heavy atom. The summed E-state index contributed by atoms with van der Waals surface area (Å²) >= 11 is 0. The molecular weight excluding hydrogens is 360 g/mol. The van der Waals surface area contributed by atoms with Crippen molar-refractivity contribution in [2.75, 3.05) is 0 Å². The van der Waals surface area contributed by atoms with Gasteiger partial charge in [0, 0.05) is 24.2 Å². The third-order valence-corrected chi connectivity index (χ3v) is 8.80. The number of Topliss-reactive ketones (excluding diaryl/α,β-unsaturated/α-hetero) is 1. The summed E-state index contributed by atoms with van der Waals surface area (Å²) in [5, 5.41) is 22.8. The fourth-order valence-corrected chi connectivity index (χ4v) is 7.57. The van der Waals surface area contributed by atoms with E-state index in [1.54, 1.807) is 19.9 Å². The summed E-state index contributed by atoms with van der Waals surface area (Å²) < 4.78 is 12.1. The van der Waals surface area contributed by atoms with Crippen LogP contribution in [0.25, 0.3) is 0 Å². The summed E-state index contributed by atoms with van der Waals surface area (Å²) in [5.74, 6) is -1.24. The average Bonchev–Trinajstić information content (AvgIpc) is 3.23. The van der Waals surface area contributed by atoms with Crippen molar-refractivity contribution < 1.29 is 29.3 Å². The molecule has 9 atom stereocenters. The van der Waals surface area contributed by atoms with E-state index in [0.717, 1.165) is 6.42 Å². The van der Waals surface area contributed by atoms with Crippen LogP contribution in [0.5, 0.6) is 0 Å². The number of esters is 1. The van der Waals surface area contributed by atoms with Crippen LogP contribution in [0.1, 0.15) is 60.3 Å². The SMILES string of the molecule is C=CC1(C)CC(=O)C2[C@](C)(O1)[C@@H](OC(C)=O)[C@@H](O)[C@@]13CC1(C)CC[C@H](O)[C@]23C. The molecule has 0 radical (unpaired) electrons. The molecule has 6 heteroatoms. The quantitative estimate of drug-likeness (QED) is 0.553. The molecule has 3 unspecified atom stereocenters. The smallest absolute Gasteiger partial charge is 0.303 e. The molecule has 6 nitrogen and oxygen atoms in total. The van der Waals surface area contributed by atoms with Gasteiger partial charge < -0.3 is 19.7 Å². The molecule has 4 fully saturated rings. The molecule has 1 heterocycles. The van der Waals surface area contributed by atoms with E-state index in [1.165, 1.54) is 6.92 Å². The first kappa shape index (κ1) is 20.0. The Bertz CT molecular complexity index is 764. The van der Waals surface area contributed by atoms with Crippen molar-refractivity contribution in [3.63, 3.8) is 0 Å². The normalized spacial score (nSPS) is 57.5. The lowest BCUT2D eigenvalue weighted by atomic mass is 9.44. The van der Waals surface area contributed by atoms with Gasteiger partial charge in [-0.2, -0.15) is 0 Å². The van der Waals surface area contributed by atoms with Gasteiger partial charge in [0.25, 0.3) is 0 Å². The Hall–Kier alpha value is -1.24. The number of rotatable bonds is 2. The van der Waals surface area contributed by atoms with Gasteiger partial charge in [-0.15, -0.1) is 6.58 Å². The summed E-state index contributed by atoms with van der Waals surface area (Å²) in [7, 11) is 0. The standard InChI is InChI=1S/C22H32O6/c1-7-19(4)10-13(24)15-20(5)14(25)8-9-18(3)11-22(18,20)16(26)17(27-12(2)23)21(15,6)28-19/h7,14-17,25-26H,1,8-11H2,2-6H3/t14-,15?,16+,17-,18?,19?,20+,21-,22-/m0/s1. The van der Waals surface area contributed by atoms with Crippen LogP contribution in [0.3, 0.4) is 0 Å². The number of aliphatic hydroxyl groups excluding tert-OH is 2. The van der Waals surface area contributed by atoms with Gasteiger partial charge in [0.15, 0.2) is 6.10 Å². The summed E-state index contributed by atoms with van der Waals surface area (Å²) in [5.41, 5.74) is -3.91. The maximum atomic E-state index is 13.6. The van der Waals surface area contributed by atoms with Crippen molar-refractivity contribution in [1.82, 2.24) is 0 Å². The molecule has 3 saturated carbocycles. The van der Waals surface area contributed by atoms with Crippen molar-refractivity contribution in [3.05, 3.63) is 12.7 Å². The Labute approximate surface area is 166 Å². The maximum Gasteiger partial charge on any atom is 0.303 e. The molecule has 1 aliphatic heterocycles. The van der Waals surface area contributed by atoms with E-state index < -0.39 is 52.2 Å². The molecule has 2 N–H and O–H groups in total. The Morgan fingerprint density at radius 2 is 1.93 bits per heavy atom. The van der Waals surface area contributed by atoms with Crippen LogP contribution in [0.4, 0.5) is 0 Å². The minimum absolute atomic E-state index is 0.0303. The number of hydrogen-bond donors (Lipinski definition) is 2. The highest BCUT2D eigenvalue weighted by molar-refractivity contribution is 5.86. The molecule has 0 aromatic heterocycles. The van der Waals surface area contributed by atoms with Gasteiger partial charge in [0.05, 0.1) is 17.6 Å². The van der Waals surface area contributed by atoms with Crippen LogP contribution in [0, 0.1) is 22.2 Å². The number of hydrogen-bond acceptors (Lipinski definition) is 6. The predicted molar refractivity (Wildman–Crippen MR) is 101 cm³/mol. The van der Waals surface area contributed by atoms with Gasteiger partial charge in [-0.1, -0.05) is 19.9 Å². The molecular formula is C22H32O6. The zero-order valence-electron chi connectivity index (χ0n) is 17.4. The highest BCUT2D eigenvalue weighted by Gasteiger charge is 2.87. The van der Waals surface area contributed by atoms with E-state index in [9.17, 15) is 19.8 Å². The first-order chi connectivity index (χ1) is 12.8. The Morgan fingerprint density at radius 3 is 2.50 bits per heavy atom. The summed E-state index contributed by atoms with van der Waals surface area (Å²) in [6.45, 7) is 12.7. The van der Waals surface area contributed by atoms with Crippen LogP contribution in [-0.2, 0) is 19.1 Å². The van der Waals surface area contributed by atoms with E-state index in [2.05, 4.69) is 13.5 Å². The second-order valence-electron chi connectivity index (χ2n) is 10.4. The first-order valence-corrected chi connectivity index (χ1v) is 10.2. The summed E-state index contributed by atoms with van der Waals surface area (Å²) in [6.07, 6.45) is 1.05. The third kappa shape index (κ3) is 2.04. The second-order valence-corrected chi connectivity index (χ2v) is 10.4. The fraction of sp³-hybridized carbons (Fsp3) is 0.818. The zero-order chi connectivity index (χ0) is 20.9. The van der Waals surface area contributed by atoms with Crippen LogP contribution >= 0.6 is 0 Å². The monoisotopic (exact) mass is 392 g/mol. The molecule has 0 bridgehead atoms.